The number of hydrogen-bond donors (Lipinski definition) is 2. The molecule has 1 fully saturated rings. The topological polar surface area (TPSA) is 61.8 Å². The van der Waals surface area contributed by atoms with Gasteiger partial charge in [0.2, 0.25) is 0 Å². The molecule has 1 unspecified atom stereocenters. The average molecular weight is 286 g/mol. The zero-order valence-electron chi connectivity index (χ0n) is 13.7. The molecule has 2 N–H and O–H groups in total. The van der Waals surface area contributed by atoms with Crippen molar-refractivity contribution >= 4 is 6.09 Å². The Bertz CT molecular complexity index is 331. The lowest BCUT2D eigenvalue weighted by Crippen LogP contribution is -2.44. The summed E-state index contributed by atoms with van der Waals surface area (Å²) in [6, 6.07) is 0.180. The van der Waals surface area contributed by atoms with Crippen LogP contribution in [0, 0.1) is 5.41 Å². The third-order valence-electron chi connectivity index (χ3n) is 3.02. The van der Waals surface area contributed by atoms with E-state index in [1.165, 1.54) is 0 Å². The average Bonchev–Trinajstić information content (AvgIpc) is 2.36. The van der Waals surface area contributed by atoms with Gasteiger partial charge < -0.3 is 20.1 Å². The lowest BCUT2D eigenvalue weighted by Gasteiger charge is -2.31. The van der Waals surface area contributed by atoms with Crippen molar-refractivity contribution in [1.29, 1.82) is 0 Å². The number of aliphatic hydroxyl groups is 1. The maximum atomic E-state index is 12.2. The van der Waals surface area contributed by atoms with Crippen LogP contribution in [0.15, 0.2) is 0 Å². The molecule has 1 saturated heterocycles. The maximum Gasteiger partial charge on any atom is 0.410 e. The van der Waals surface area contributed by atoms with Crippen molar-refractivity contribution in [2.75, 3.05) is 19.6 Å². The van der Waals surface area contributed by atoms with Gasteiger partial charge in [0.05, 0.1) is 12.6 Å². The Morgan fingerprint density at radius 1 is 1.25 bits per heavy atom. The van der Waals surface area contributed by atoms with E-state index in [4.69, 9.17) is 4.74 Å². The third kappa shape index (κ3) is 6.57. The van der Waals surface area contributed by atoms with Crippen molar-refractivity contribution in [2.45, 2.75) is 65.7 Å². The molecule has 0 bridgehead atoms. The van der Waals surface area contributed by atoms with Gasteiger partial charge in [-0.1, -0.05) is 20.8 Å². The number of amides is 1. The molecule has 5 nitrogen and oxygen atoms in total. The van der Waals surface area contributed by atoms with Crippen molar-refractivity contribution in [2.24, 2.45) is 5.41 Å². The number of carbonyl (C=O) groups excluding carboxylic acids is 1. The highest BCUT2D eigenvalue weighted by atomic mass is 16.6. The Balaban J connectivity index is 2.70. The van der Waals surface area contributed by atoms with E-state index in [2.05, 4.69) is 26.1 Å². The first-order chi connectivity index (χ1) is 8.96. The van der Waals surface area contributed by atoms with Gasteiger partial charge in [-0.05, 0) is 32.6 Å². The first kappa shape index (κ1) is 17.2. The summed E-state index contributed by atoms with van der Waals surface area (Å²) >= 11 is 0. The molecule has 1 aliphatic heterocycles. The molecule has 20 heavy (non-hydrogen) atoms. The third-order valence-corrected chi connectivity index (χ3v) is 3.02. The Hall–Kier alpha value is -0.810. The summed E-state index contributed by atoms with van der Waals surface area (Å²) in [5, 5.41) is 13.2. The van der Waals surface area contributed by atoms with Crippen molar-refractivity contribution < 1.29 is 14.6 Å². The standard InChI is InChI=1S/C15H30N2O3/c1-14(2,3)7-11-9-17(10-12(18)8-16-11)13(19)20-15(4,5)6/h11-12,16,18H,7-10H2,1-6H3/t11?,12-/m0/s1. The summed E-state index contributed by atoms with van der Waals surface area (Å²) in [4.78, 5) is 13.8. The number of carbonyl (C=O) groups is 1. The van der Waals surface area contributed by atoms with Crippen molar-refractivity contribution in [3.63, 3.8) is 0 Å². The molecule has 0 aromatic heterocycles. The number of aliphatic hydroxyl groups excluding tert-OH is 1. The lowest BCUT2D eigenvalue weighted by atomic mass is 9.88. The van der Waals surface area contributed by atoms with Crippen molar-refractivity contribution in [3.8, 4) is 0 Å². The van der Waals surface area contributed by atoms with Crippen LogP contribution in [0.4, 0.5) is 4.79 Å². The van der Waals surface area contributed by atoms with Gasteiger partial charge in [-0.2, -0.15) is 0 Å². The normalized spacial score (nSPS) is 25.2. The lowest BCUT2D eigenvalue weighted by molar-refractivity contribution is 0.0170. The molecule has 0 aromatic rings. The quantitative estimate of drug-likeness (QED) is 0.774. The van der Waals surface area contributed by atoms with Crippen LogP contribution in [0.25, 0.3) is 0 Å². The van der Waals surface area contributed by atoms with E-state index in [9.17, 15) is 9.90 Å². The molecule has 0 aliphatic carbocycles. The van der Waals surface area contributed by atoms with Gasteiger partial charge in [-0.3, -0.25) is 0 Å². The highest BCUT2D eigenvalue weighted by Gasteiger charge is 2.30. The summed E-state index contributed by atoms with van der Waals surface area (Å²) in [5.74, 6) is 0. The number of β-amino-alcohol motifs (C(OH)–C–C–N with tert-alkyl or cyclic N) is 1. The van der Waals surface area contributed by atoms with E-state index >= 15 is 0 Å². The summed E-state index contributed by atoms with van der Waals surface area (Å²) in [6.07, 6.45) is 0.0468. The molecule has 118 valence electrons. The number of hydrogen-bond acceptors (Lipinski definition) is 4. The molecular formula is C15H30N2O3. The summed E-state index contributed by atoms with van der Waals surface area (Å²) in [7, 11) is 0. The van der Waals surface area contributed by atoms with Gasteiger partial charge in [-0.15, -0.1) is 0 Å². The molecule has 1 rings (SSSR count). The highest BCUT2D eigenvalue weighted by molar-refractivity contribution is 5.68. The zero-order valence-corrected chi connectivity index (χ0v) is 13.7. The zero-order chi connectivity index (χ0) is 15.6. The fourth-order valence-corrected chi connectivity index (χ4v) is 2.38. The van der Waals surface area contributed by atoms with Crippen LogP contribution in [-0.2, 0) is 4.74 Å². The second-order valence-corrected chi connectivity index (χ2v) is 7.91. The first-order valence-electron chi connectivity index (χ1n) is 7.36. The molecule has 0 saturated carbocycles. The van der Waals surface area contributed by atoms with Gasteiger partial charge in [0.15, 0.2) is 0 Å². The maximum absolute atomic E-state index is 12.2. The first-order valence-corrected chi connectivity index (χ1v) is 7.36. The number of nitrogens with one attached hydrogen (secondary N) is 1. The monoisotopic (exact) mass is 286 g/mol. The SMILES string of the molecule is CC(C)(C)CC1CN(C(=O)OC(C)(C)C)C[C@@H](O)CN1. The Labute approximate surface area is 122 Å². The van der Waals surface area contributed by atoms with Crippen LogP contribution in [0.2, 0.25) is 0 Å². The summed E-state index contributed by atoms with van der Waals surface area (Å²) in [6.45, 7) is 13.5. The largest absolute Gasteiger partial charge is 0.444 e. The molecule has 2 atom stereocenters. The molecule has 1 aliphatic rings. The minimum atomic E-state index is -0.549. The fourth-order valence-electron chi connectivity index (χ4n) is 2.38. The van der Waals surface area contributed by atoms with Crippen LogP contribution < -0.4 is 5.32 Å². The number of rotatable bonds is 1. The van der Waals surface area contributed by atoms with E-state index in [1.54, 1.807) is 4.90 Å². The highest BCUT2D eigenvalue weighted by Crippen LogP contribution is 2.22. The van der Waals surface area contributed by atoms with E-state index < -0.39 is 11.7 Å². The van der Waals surface area contributed by atoms with Crippen LogP contribution in [0.3, 0.4) is 0 Å². The minimum absolute atomic E-state index is 0.173. The van der Waals surface area contributed by atoms with E-state index in [1.807, 2.05) is 20.8 Å². The smallest absolute Gasteiger partial charge is 0.410 e. The molecule has 1 heterocycles. The van der Waals surface area contributed by atoms with Crippen LogP contribution in [0.1, 0.15) is 48.0 Å². The van der Waals surface area contributed by atoms with Crippen molar-refractivity contribution in [3.05, 3.63) is 0 Å². The summed E-state index contributed by atoms with van der Waals surface area (Å²) < 4.78 is 5.41. The fraction of sp³-hybridized carbons (Fsp3) is 0.933. The predicted octanol–water partition coefficient (Wildman–Crippen LogP) is 1.99. The summed E-state index contributed by atoms with van der Waals surface area (Å²) in [5.41, 5.74) is -0.339. The van der Waals surface area contributed by atoms with E-state index in [0.29, 0.717) is 19.6 Å². The van der Waals surface area contributed by atoms with Crippen LogP contribution in [0.5, 0.6) is 0 Å². The number of ether oxygens (including phenoxy) is 1. The van der Waals surface area contributed by atoms with Gasteiger partial charge in [0, 0.05) is 19.1 Å². The molecule has 0 spiro atoms. The van der Waals surface area contributed by atoms with Gasteiger partial charge in [-0.25, -0.2) is 4.79 Å². The van der Waals surface area contributed by atoms with Crippen LogP contribution in [-0.4, -0.2) is 53.5 Å². The molecular weight excluding hydrogens is 256 g/mol. The second-order valence-electron chi connectivity index (χ2n) is 7.91. The van der Waals surface area contributed by atoms with E-state index in [0.717, 1.165) is 6.42 Å². The minimum Gasteiger partial charge on any atom is -0.444 e. The Morgan fingerprint density at radius 3 is 2.35 bits per heavy atom. The van der Waals surface area contributed by atoms with E-state index in [-0.39, 0.29) is 17.6 Å². The van der Waals surface area contributed by atoms with Crippen LogP contribution >= 0.6 is 0 Å². The second kappa shape index (κ2) is 6.31. The van der Waals surface area contributed by atoms with Gasteiger partial charge in [0.1, 0.15) is 5.60 Å². The molecule has 5 heteroatoms. The van der Waals surface area contributed by atoms with Gasteiger partial charge >= 0.3 is 6.09 Å². The molecule has 0 aromatic carbocycles. The Morgan fingerprint density at radius 2 is 1.85 bits per heavy atom. The van der Waals surface area contributed by atoms with Crippen molar-refractivity contribution in [1.82, 2.24) is 10.2 Å². The molecule has 1 amide bonds. The number of nitrogens with zero attached hydrogens (tertiary/aromatic N) is 1. The molecule has 0 radical (unpaired) electrons. The predicted molar refractivity (Wildman–Crippen MR) is 79.7 cm³/mol. The van der Waals surface area contributed by atoms with Gasteiger partial charge in [0.25, 0.3) is 0 Å². The Kier molecular flexibility index (Phi) is 5.44.